The number of amides is 1. The monoisotopic (exact) mass is 371 g/mol. The number of nitrogens with one attached hydrogen (secondary N) is 1. The van der Waals surface area contributed by atoms with Gasteiger partial charge in [-0.25, -0.2) is 0 Å². The highest BCUT2D eigenvalue weighted by Crippen LogP contribution is 2.26. The van der Waals surface area contributed by atoms with E-state index in [-0.39, 0.29) is 16.9 Å². The second-order valence-electron chi connectivity index (χ2n) is 6.03. The van der Waals surface area contributed by atoms with Gasteiger partial charge >= 0.3 is 0 Å². The molecule has 1 amide bonds. The van der Waals surface area contributed by atoms with Crippen molar-refractivity contribution < 1.29 is 19.1 Å². The van der Waals surface area contributed by atoms with Gasteiger partial charge in [-0.2, -0.15) is 5.26 Å². The first-order valence-electron chi connectivity index (χ1n) is 8.38. The summed E-state index contributed by atoms with van der Waals surface area (Å²) in [6.45, 7) is 1.89. The van der Waals surface area contributed by atoms with Crippen LogP contribution in [0.5, 0.6) is 0 Å². The van der Waals surface area contributed by atoms with Crippen LogP contribution in [0.15, 0.2) is 70.7 Å². The van der Waals surface area contributed by atoms with E-state index in [0.717, 1.165) is 5.56 Å². The molecule has 0 unspecified atom stereocenters. The molecular weight excluding hydrogens is 356 g/mol. The van der Waals surface area contributed by atoms with Crippen LogP contribution in [0.4, 0.5) is 5.69 Å². The number of aryl methyl sites for hydroxylation is 1. The molecule has 3 rings (SSSR count). The Morgan fingerprint density at radius 1 is 1.11 bits per heavy atom. The van der Waals surface area contributed by atoms with E-state index in [1.54, 1.807) is 48.5 Å². The quantitative estimate of drug-likeness (QED) is 0.548. The summed E-state index contributed by atoms with van der Waals surface area (Å²) in [6, 6.07) is 18.4. The molecule has 28 heavy (non-hydrogen) atoms. The number of anilines is 1. The number of carboxylic acid groups (broad SMARTS) is 1. The number of aromatic carboxylic acids is 1. The molecule has 2 aromatic carbocycles. The molecule has 0 atom stereocenters. The zero-order valence-electron chi connectivity index (χ0n) is 14.9. The lowest BCUT2D eigenvalue weighted by molar-refractivity contribution is -0.254. The van der Waals surface area contributed by atoms with Crippen molar-refractivity contribution in [3.8, 4) is 17.4 Å². The SMILES string of the molecule is Cc1cccc(NC(=O)/C(C#N)=C\c2ccc(-c3ccccc3C(=O)[O-])o2)c1. The number of rotatable bonds is 5. The molecule has 138 valence electrons. The van der Waals surface area contributed by atoms with Crippen molar-refractivity contribution in [3.63, 3.8) is 0 Å². The topological polar surface area (TPSA) is 106 Å². The maximum Gasteiger partial charge on any atom is 0.266 e. The Labute approximate surface area is 161 Å². The minimum absolute atomic E-state index is 0.00919. The summed E-state index contributed by atoms with van der Waals surface area (Å²) in [7, 11) is 0. The fraction of sp³-hybridized carbons (Fsp3) is 0.0455. The molecule has 0 spiro atoms. The van der Waals surface area contributed by atoms with Gasteiger partial charge in [0.25, 0.3) is 5.91 Å². The third-order valence-corrected chi connectivity index (χ3v) is 3.97. The predicted molar refractivity (Wildman–Crippen MR) is 102 cm³/mol. The van der Waals surface area contributed by atoms with E-state index in [4.69, 9.17) is 4.42 Å². The molecule has 1 N–H and O–H groups in total. The van der Waals surface area contributed by atoms with Gasteiger partial charge in [-0.05, 0) is 36.8 Å². The van der Waals surface area contributed by atoms with Gasteiger partial charge in [0, 0.05) is 22.9 Å². The predicted octanol–water partition coefficient (Wildman–Crippen LogP) is 3.16. The molecule has 0 aliphatic carbocycles. The second-order valence-corrected chi connectivity index (χ2v) is 6.03. The number of furan rings is 1. The van der Waals surface area contributed by atoms with Crippen LogP contribution >= 0.6 is 0 Å². The first-order chi connectivity index (χ1) is 13.5. The lowest BCUT2D eigenvalue weighted by Gasteiger charge is -2.07. The average Bonchev–Trinajstić information content (AvgIpc) is 3.14. The van der Waals surface area contributed by atoms with E-state index in [2.05, 4.69) is 5.32 Å². The number of benzene rings is 2. The van der Waals surface area contributed by atoms with E-state index < -0.39 is 11.9 Å². The summed E-state index contributed by atoms with van der Waals surface area (Å²) in [5, 5.41) is 23.2. The fourth-order valence-corrected chi connectivity index (χ4v) is 2.66. The summed E-state index contributed by atoms with van der Waals surface area (Å²) in [5.41, 5.74) is 1.75. The van der Waals surface area contributed by atoms with Crippen molar-refractivity contribution in [3.05, 3.63) is 83.1 Å². The zero-order valence-corrected chi connectivity index (χ0v) is 14.9. The Bertz CT molecular complexity index is 1120. The summed E-state index contributed by atoms with van der Waals surface area (Å²) in [4.78, 5) is 23.6. The number of hydrogen-bond acceptors (Lipinski definition) is 5. The van der Waals surface area contributed by atoms with Crippen LogP contribution in [0.1, 0.15) is 21.7 Å². The Morgan fingerprint density at radius 3 is 2.61 bits per heavy atom. The molecule has 6 heteroatoms. The van der Waals surface area contributed by atoms with Crippen molar-refractivity contribution in [2.24, 2.45) is 0 Å². The highest BCUT2D eigenvalue weighted by atomic mass is 16.4. The van der Waals surface area contributed by atoms with E-state index >= 15 is 0 Å². The molecule has 0 bridgehead atoms. The van der Waals surface area contributed by atoms with Crippen LogP contribution in [0, 0.1) is 18.3 Å². The normalized spacial score (nSPS) is 10.9. The van der Waals surface area contributed by atoms with Crippen LogP contribution in [0.25, 0.3) is 17.4 Å². The molecule has 3 aromatic rings. The molecule has 0 fully saturated rings. The third kappa shape index (κ3) is 4.17. The van der Waals surface area contributed by atoms with Crippen LogP contribution in [-0.4, -0.2) is 11.9 Å². The molecule has 0 saturated heterocycles. The minimum Gasteiger partial charge on any atom is -0.545 e. The Balaban J connectivity index is 1.86. The highest BCUT2D eigenvalue weighted by Gasteiger charge is 2.13. The van der Waals surface area contributed by atoms with Crippen LogP contribution < -0.4 is 10.4 Å². The van der Waals surface area contributed by atoms with Crippen molar-refractivity contribution in [2.75, 3.05) is 5.32 Å². The largest absolute Gasteiger partial charge is 0.545 e. The molecule has 0 radical (unpaired) electrons. The van der Waals surface area contributed by atoms with Crippen molar-refractivity contribution in [1.82, 2.24) is 0 Å². The molecule has 1 heterocycles. The third-order valence-electron chi connectivity index (χ3n) is 3.97. The lowest BCUT2D eigenvalue weighted by Crippen LogP contribution is -2.22. The molecule has 0 aliphatic heterocycles. The van der Waals surface area contributed by atoms with E-state index in [1.807, 2.05) is 19.1 Å². The van der Waals surface area contributed by atoms with E-state index in [9.17, 15) is 20.0 Å². The van der Waals surface area contributed by atoms with Gasteiger partial charge in [-0.15, -0.1) is 0 Å². The van der Waals surface area contributed by atoms with E-state index in [0.29, 0.717) is 17.0 Å². The van der Waals surface area contributed by atoms with Gasteiger partial charge in [0.15, 0.2) is 0 Å². The number of carbonyl (C=O) groups is 2. The number of carbonyl (C=O) groups excluding carboxylic acids is 2. The minimum atomic E-state index is -1.32. The first kappa shape index (κ1) is 18.7. The van der Waals surface area contributed by atoms with Gasteiger partial charge < -0.3 is 19.6 Å². The standard InChI is InChI=1S/C22H16N2O4/c1-14-5-4-6-16(11-14)24-21(25)15(13-23)12-17-9-10-20(28-17)18-7-2-3-8-19(18)22(26)27/h2-12H,1H3,(H,24,25)(H,26,27)/p-1/b15-12-. The summed E-state index contributed by atoms with van der Waals surface area (Å²) in [5.74, 6) is -1.35. The fourth-order valence-electron chi connectivity index (χ4n) is 2.66. The van der Waals surface area contributed by atoms with Crippen molar-refractivity contribution >= 4 is 23.6 Å². The number of nitriles is 1. The Hall–Kier alpha value is -4.11. The smallest absolute Gasteiger partial charge is 0.266 e. The van der Waals surface area contributed by atoms with Gasteiger partial charge in [-0.3, -0.25) is 4.79 Å². The van der Waals surface area contributed by atoms with Crippen LogP contribution in [0.2, 0.25) is 0 Å². The first-order valence-corrected chi connectivity index (χ1v) is 8.38. The lowest BCUT2D eigenvalue weighted by atomic mass is 10.1. The van der Waals surface area contributed by atoms with Crippen LogP contribution in [0.3, 0.4) is 0 Å². The van der Waals surface area contributed by atoms with Crippen LogP contribution in [-0.2, 0) is 4.79 Å². The number of carboxylic acids is 1. The van der Waals surface area contributed by atoms with Crippen molar-refractivity contribution in [1.29, 1.82) is 5.26 Å². The highest BCUT2D eigenvalue weighted by molar-refractivity contribution is 6.09. The zero-order chi connectivity index (χ0) is 20.1. The van der Waals surface area contributed by atoms with Crippen molar-refractivity contribution in [2.45, 2.75) is 6.92 Å². The second kappa shape index (κ2) is 8.06. The number of nitrogens with zero attached hydrogens (tertiary/aromatic N) is 1. The molecule has 1 aromatic heterocycles. The van der Waals surface area contributed by atoms with Gasteiger partial charge in [-0.1, -0.05) is 36.4 Å². The molecule has 0 aliphatic rings. The summed E-state index contributed by atoms with van der Waals surface area (Å²) >= 11 is 0. The molecule has 0 saturated carbocycles. The Morgan fingerprint density at radius 2 is 1.89 bits per heavy atom. The van der Waals surface area contributed by atoms with Gasteiger partial charge in [0.05, 0.1) is 5.97 Å². The molecular formula is C22H15N2O4-. The number of hydrogen-bond donors (Lipinski definition) is 1. The average molecular weight is 371 g/mol. The van der Waals surface area contributed by atoms with Gasteiger partial charge in [0.1, 0.15) is 23.2 Å². The maximum absolute atomic E-state index is 12.4. The summed E-state index contributed by atoms with van der Waals surface area (Å²) in [6.07, 6.45) is 1.30. The molecule has 6 nitrogen and oxygen atoms in total. The summed E-state index contributed by atoms with van der Waals surface area (Å²) < 4.78 is 5.61. The van der Waals surface area contributed by atoms with E-state index in [1.165, 1.54) is 12.1 Å². The van der Waals surface area contributed by atoms with Gasteiger partial charge in [0.2, 0.25) is 0 Å². The maximum atomic E-state index is 12.4. The Kier molecular flexibility index (Phi) is 5.38.